The number of aliphatic carboxylic acids is 2. The normalized spacial score (nSPS) is 10.7. The van der Waals surface area contributed by atoms with Crippen LogP contribution >= 0.6 is 20.0 Å². The van der Waals surface area contributed by atoms with Crippen molar-refractivity contribution in [2.45, 2.75) is 0 Å². The van der Waals surface area contributed by atoms with E-state index >= 15 is 0 Å². The molecule has 0 amide bonds. The molecule has 0 saturated carbocycles. The van der Waals surface area contributed by atoms with Crippen LogP contribution in [0, 0.1) is 0 Å². The Hall–Kier alpha value is -2.17. The first-order valence-electron chi connectivity index (χ1n) is 6.88. The number of ether oxygens (including phenoxy) is 1. The van der Waals surface area contributed by atoms with E-state index in [1.54, 1.807) is 24.3 Å². The van der Waals surface area contributed by atoms with E-state index in [4.69, 9.17) is 26.4 Å². The fraction of sp³-hybridized carbons (Fsp3) is 0.154. The number of hydrogen-bond donors (Lipinski definition) is 4. The summed E-state index contributed by atoms with van der Waals surface area (Å²) in [7, 11) is 2.56. The summed E-state index contributed by atoms with van der Waals surface area (Å²) in [6.45, 7) is 0. The van der Waals surface area contributed by atoms with Crippen LogP contribution in [0.25, 0.3) is 0 Å². The summed E-state index contributed by atoms with van der Waals surface area (Å²) < 4.78 is 6.36. The first kappa shape index (κ1) is 20.1. The molecule has 1 aromatic carbocycles. The first-order valence-corrected chi connectivity index (χ1v) is 14.3. The Balaban J connectivity index is 2.10. The van der Waals surface area contributed by atoms with E-state index in [2.05, 4.69) is 15.0 Å². The molecule has 10 nitrogen and oxygen atoms in total. The number of nitrogens with two attached hydrogens (primary N) is 2. The standard InChI is InChI=1S/C13H14AsN5O5S2/c15-11-17-12(16)19-13(18-11)24-8-3-1-7(2-4-8)14(25-5-9(20)21)26-6-10(22)23/h1-4H,5-6H2,(H,20,21)(H,22,23)(H4,15,16,17,18,19). The number of aromatic nitrogens is 3. The minimum atomic E-state index is -1.97. The van der Waals surface area contributed by atoms with Crippen molar-refractivity contribution in [3.05, 3.63) is 24.3 Å². The maximum atomic E-state index is 10.8. The zero-order valence-electron chi connectivity index (χ0n) is 13.1. The number of benzene rings is 1. The number of carboxylic acids is 2. The number of rotatable bonds is 9. The molecule has 13 heteroatoms. The SMILES string of the molecule is Nc1nc(N)nc(Oc2ccc([As](SCC(=O)O)SCC(=O)O)cc2)n1. The molecule has 0 bridgehead atoms. The average molecular weight is 459 g/mol. The second kappa shape index (κ2) is 9.51. The van der Waals surface area contributed by atoms with Gasteiger partial charge in [0, 0.05) is 0 Å². The van der Waals surface area contributed by atoms with E-state index in [0.717, 1.165) is 4.35 Å². The van der Waals surface area contributed by atoms with E-state index in [1.807, 2.05) is 0 Å². The molecule has 0 fully saturated rings. The van der Waals surface area contributed by atoms with Crippen molar-refractivity contribution in [2.75, 3.05) is 23.0 Å². The second-order valence-electron chi connectivity index (χ2n) is 4.52. The Kier molecular flexibility index (Phi) is 7.36. The van der Waals surface area contributed by atoms with E-state index < -0.39 is 24.3 Å². The summed E-state index contributed by atoms with van der Waals surface area (Å²) in [4.78, 5) is 32.9. The molecule has 0 spiro atoms. The predicted octanol–water partition coefficient (Wildman–Crippen LogP) is 0.159. The summed E-state index contributed by atoms with van der Waals surface area (Å²) in [5.41, 5.74) is 10.9. The molecule has 0 aliphatic carbocycles. The zero-order chi connectivity index (χ0) is 19.1. The van der Waals surface area contributed by atoms with Gasteiger partial charge in [-0.3, -0.25) is 0 Å². The molecule has 138 valence electrons. The Bertz CT molecular complexity index is 757. The van der Waals surface area contributed by atoms with Crippen molar-refractivity contribution < 1.29 is 24.5 Å². The number of anilines is 2. The molecule has 6 N–H and O–H groups in total. The van der Waals surface area contributed by atoms with E-state index in [9.17, 15) is 9.59 Å². The van der Waals surface area contributed by atoms with Crippen LogP contribution < -0.4 is 20.6 Å². The van der Waals surface area contributed by atoms with Crippen molar-refractivity contribution in [3.8, 4) is 11.8 Å². The molecular formula is C13H14AsN5O5S2. The predicted molar refractivity (Wildman–Crippen MR) is 101 cm³/mol. The van der Waals surface area contributed by atoms with Crippen molar-refractivity contribution >= 4 is 60.6 Å². The Morgan fingerprint density at radius 2 is 1.46 bits per heavy atom. The molecule has 0 saturated heterocycles. The fourth-order valence-electron chi connectivity index (χ4n) is 1.59. The van der Waals surface area contributed by atoms with Crippen molar-refractivity contribution in [2.24, 2.45) is 0 Å². The van der Waals surface area contributed by atoms with Crippen molar-refractivity contribution in [1.29, 1.82) is 0 Å². The number of hydrogen-bond acceptors (Lipinski definition) is 10. The van der Waals surface area contributed by atoms with Crippen LogP contribution in [-0.4, -0.2) is 60.9 Å². The molecule has 0 aliphatic rings. The Morgan fingerprint density at radius 1 is 0.962 bits per heavy atom. The van der Waals surface area contributed by atoms with Crippen LogP contribution in [0.2, 0.25) is 0 Å². The third-order valence-electron chi connectivity index (χ3n) is 2.52. The van der Waals surface area contributed by atoms with Gasteiger partial charge in [-0.2, -0.15) is 0 Å². The monoisotopic (exact) mass is 459 g/mol. The van der Waals surface area contributed by atoms with Crippen LogP contribution in [0.4, 0.5) is 11.9 Å². The molecular weight excluding hydrogens is 445 g/mol. The van der Waals surface area contributed by atoms with Crippen LogP contribution in [0.3, 0.4) is 0 Å². The van der Waals surface area contributed by atoms with Crippen LogP contribution in [-0.2, 0) is 9.59 Å². The summed E-state index contributed by atoms with van der Waals surface area (Å²) in [5.74, 6) is -1.72. The molecule has 0 radical (unpaired) electrons. The molecule has 26 heavy (non-hydrogen) atoms. The molecule has 2 rings (SSSR count). The van der Waals surface area contributed by atoms with Crippen LogP contribution in [0.1, 0.15) is 0 Å². The molecule has 1 aromatic heterocycles. The Labute approximate surface area is 159 Å². The van der Waals surface area contributed by atoms with E-state index in [-0.39, 0.29) is 29.4 Å². The van der Waals surface area contributed by atoms with Crippen LogP contribution in [0.5, 0.6) is 11.8 Å². The van der Waals surface area contributed by atoms with Gasteiger partial charge in [0.15, 0.2) is 0 Å². The van der Waals surface area contributed by atoms with Gasteiger partial charge in [0.05, 0.1) is 0 Å². The van der Waals surface area contributed by atoms with Gasteiger partial charge in [0.2, 0.25) is 0 Å². The third-order valence-corrected chi connectivity index (χ3v) is 15.3. The van der Waals surface area contributed by atoms with Crippen molar-refractivity contribution in [1.82, 2.24) is 15.0 Å². The summed E-state index contributed by atoms with van der Waals surface area (Å²) >= 11 is -1.97. The van der Waals surface area contributed by atoms with Crippen LogP contribution in [0.15, 0.2) is 24.3 Å². The van der Waals surface area contributed by atoms with Gasteiger partial charge in [0.1, 0.15) is 0 Å². The number of nitrogens with zero attached hydrogens (tertiary/aromatic N) is 3. The van der Waals surface area contributed by atoms with E-state index in [1.165, 1.54) is 20.0 Å². The van der Waals surface area contributed by atoms with Gasteiger partial charge in [-0.15, -0.1) is 0 Å². The molecule has 2 aromatic rings. The summed E-state index contributed by atoms with van der Waals surface area (Å²) in [6.07, 6.45) is 0. The molecule has 0 aliphatic heterocycles. The topological polar surface area (TPSA) is 175 Å². The first-order chi connectivity index (χ1) is 12.3. The number of carboxylic acid groups (broad SMARTS) is 2. The molecule has 0 unspecified atom stereocenters. The van der Waals surface area contributed by atoms with Gasteiger partial charge >= 0.3 is 159 Å². The van der Waals surface area contributed by atoms with Crippen molar-refractivity contribution in [3.63, 3.8) is 0 Å². The van der Waals surface area contributed by atoms with Gasteiger partial charge in [0.25, 0.3) is 0 Å². The Morgan fingerprint density at radius 3 is 1.92 bits per heavy atom. The zero-order valence-corrected chi connectivity index (χ0v) is 16.6. The average Bonchev–Trinajstić information content (AvgIpc) is 2.54. The fourth-order valence-corrected chi connectivity index (χ4v) is 12.5. The number of nitrogen functional groups attached to an aromatic ring is 2. The minimum absolute atomic E-state index is 0.0438. The van der Waals surface area contributed by atoms with Gasteiger partial charge < -0.3 is 0 Å². The summed E-state index contributed by atoms with van der Waals surface area (Å²) in [6, 6.07) is 6.82. The molecule has 0 atom stereocenters. The molecule has 1 heterocycles. The van der Waals surface area contributed by atoms with Gasteiger partial charge in [-0.05, 0) is 0 Å². The number of carbonyl (C=O) groups is 2. The quantitative estimate of drug-likeness (QED) is 0.375. The second-order valence-corrected chi connectivity index (χ2v) is 16.0. The maximum absolute atomic E-state index is 10.8. The van der Waals surface area contributed by atoms with Gasteiger partial charge in [-0.25, -0.2) is 0 Å². The van der Waals surface area contributed by atoms with Gasteiger partial charge in [-0.1, -0.05) is 0 Å². The summed E-state index contributed by atoms with van der Waals surface area (Å²) in [5, 5.41) is 17.7. The van der Waals surface area contributed by atoms with E-state index in [0.29, 0.717) is 5.75 Å². The third kappa shape index (κ3) is 6.62.